The second-order valence-corrected chi connectivity index (χ2v) is 6.07. The first-order chi connectivity index (χ1) is 9.16. The van der Waals surface area contributed by atoms with Crippen LogP contribution >= 0.6 is 34.7 Å². The van der Waals surface area contributed by atoms with E-state index in [0.717, 1.165) is 10.6 Å². The summed E-state index contributed by atoms with van der Waals surface area (Å²) in [6, 6.07) is 8.99. The molecule has 3 nitrogen and oxygen atoms in total. The van der Waals surface area contributed by atoms with Gasteiger partial charge < -0.3 is 9.84 Å². The molecule has 1 aromatic heterocycles. The SMILES string of the molecule is O=C(O)c1cc(SCCOc2ccccc2Cl)cs1. The predicted molar refractivity (Wildman–Crippen MR) is 78.9 cm³/mol. The zero-order chi connectivity index (χ0) is 13.7. The molecular formula is C13H11ClO3S2. The van der Waals surface area contributed by atoms with Crippen molar-refractivity contribution in [3.8, 4) is 5.75 Å². The van der Waals surface area contributed by atoms with Crippen LogP contribution in [-0.2, 0) is 0 Å². The molecule has 2 aromatic rings. The molecule has 19 heavy (non-hydrogen) atoms. The number of thiophene rings is 1. The lowest BCUT2D eigenvalue weighted by atomic mass is 10.3. The monoisotopic (exact) mass is 314 g/mol. The molecule has 0 atom stereocenters. The summed E-state index contributed by atoms with van der Waals surface area (Å²) in [7, 11) is 0. The van der Waals surface area contributed by atoms with Crippen molar-refractivity contribution < 1.29 is 14.6 Å². The Morgan fingerprint density at radius 1 is 1.42 bits per heavy atom. The van der Waals surface area contributed by atoms with Gasteiger partial charge in [-0.15, -0.1) is 23.1 Å². The van der Waals surface area contributed by atoms with Crippen LogP contribution in [0.1, 0.15) is 9.67 Å². The summed E-state index contributed by atoms with van der Waals surface area (Å²) in [4.78, 5) is 12.0. The Morgan fingerprint density at radius 3 is 2.89 bits per heavy atom. The Labute approximate surface area is 124 Å². The Bertz CT molecular complexity index is 569. The van der Waals surface area contributed by atoms with Gasteiger partial charge in [0.2, 0.25) is 0 Å². The molecule has 0 aliphatic heterocycles. The first-order valence-electron chi connectivity index (χ1n) is 5.49. The molecule has 0 fully saturated rings. The van der Waals surface area contributed by atoms with Gasteiger partial charge in [-0.3, -0.25) is 0 Å². The quantitative estimate of drug-likeness (QED) is 0.639. The molecule has 0 amide bonds. The van der Waals surface area contributed by atoms with Crippen molar-refractivity contribution in [2.24, 2.45) is 0 Å². The molecule has 0 radical (unpaired) electrons. The number of halogens is 1. The number of aromatic carboxylic acids is 1. The number of para-hydroxylation sites is 1. The average molecular weight is 315 g/mol. The van der Waals surface area contributed by atoms with Crippen LogP contribution in [0, 0.1) is 0 Å². The van der Waals surface area contributed by atoms with E-state index in [-0.39, 0.29) is 0 Å². The van der Waals surface area contributed by atoms with Crippen LogP contribution in [0.4, 0.5) is 0 Å². The average Bonchev–Trinajstić information content (AvgIpc) is 2.85. The third-order valence-electron chi connectivity index (χ3n) is 2.23. The van der Waals surface area contributed by atoms with Gasteiger partial charge in [0.15, 0.2) is 0 Å². The van der Waals surface area contributed by atoms with Crippen molar-refractivity contribution in [1.82, 2.24) is 0 Å². The number of thioether (sulfide) groups is 1. The zero-order valence-electron chi connectivity index (χ0n) is 9.84. The van der Waals surface area contributed by atoms with Gasteiger partial charge in [-0.25, -0.2) is 4.79 Å². The lowest BCUT2D eigenvalue weighted by molar-refractivity contribution is 0.0702. The smallest absolute Gasteiger partial charge is 0.345 e. The van der Waals surface area contributed by atoms with Gasteiger partial charge in [-0.05, 0) is 18.2 Å². The number of carboxylic acid groups (broad SMARTS) is 1. The first kappa shape index (κ1) is 14.2. The Morgan fingerprint density at radius 2 is 2.21 bits per heavy atom. The fraction of sp³-hybridized carbons (Fsp3) is 0.154. The number of hydrogen-bond acceptors (Lipinski definition) is 4. The molecule has 0 unspecified atom stereocenters. The first-order valence-corrected chi connectivity index (χ1v) is 7.73. The minimum Gasteiger partial charge on any atom is -0.491 e. The maximum atomic E-state index is 10.7. The van der Waals surface area contributed by atoms with Crippen LogP contribution in [0.5, 0.6) is 5.75 Å². The van der Waals surface area contributed by atoms with Crippen LogP contribution in [0.15, 0.2) is 40.6 Å². The largest absolute Gasteiger partial charge is 0.491 e. The van der Waals surface area contributed by atoms with Gasteiger partial charge in [0.05, 0.1) is 11.6 Å². The molecule has 1 heterocycles. The van der Waals surface area contributed by atoms with Gasteiger partial charge in [0.1, 0.15) is 10.6 Å². The van der Waals surface area contributed by atoms with Gasteiger partial charge in [0, 0.05) is 16.0 Å². The summed E-state index contributed by atoms with van der Waals surface area (Å²) >= 11 is 8.76. The Balaban J connectivity index is 1.77. The summed E-state index contributed by atoms with van der Waals surface area (Å²) < 4.78 is 5.55. The van der Waals surface area contributed by atoms with E-state index in [1.54, 1.807) is 23.9 Å². The fourth-order valence-electron chi connectivity index (χ4n) is 1.38. The van der Waals surface area contributed by atoms with Crippen LogP contribution in [-0.4, -0.2) is 23.4 Å². The molecule has 6 heteroatoms. The van der Waals surface area contributed by atoms with Gasteiger partial charge in [-0.1, -0.05) is 23.7 Å². The van der Waals surface area contributed by atoms with E-state index >= 15 is 0 Å². The van der Waals surface area contributed by atoms with E-state index in [9.17, 15) is 4.79 Å². The third kappa shape index (κ3) is 4.16. The Kier molecular flexibility index (Phi) is 5.13. The summed E-state index contributed by atoms with van der Waals surface area (Å²) in [5.74, 6) is 0.520. The minimum absolute atomic E-state index is 0.356. The lowest BCUT2D eigenvalue weighted by Gasteiger charge is -2.06. The standard InChI is InChI=1S/C13H11ClO3S2/c14-10-3-1-2-4-11(10)17-5-6-18-9-7-12(13(15)16)19-8-9/h1-4,7-8H,5-6H2,(H,15,16). The summed E-state index contributed by atoms with van der Waals surface area (Å²) in [5.41, 5.74) is 0. The lowest BCUT2D eigenvalue weighted by Crippen LogP contribution is -2.00. The summed E-state index contributed by atoms with van der Waals surface area (Å²) in [5, 5.41) is 11.2. The van der Waals surface area contributed by atoms with Crippen molar-refractivity contribution in [3.05, 3.63) is 45.6 Å². The van der Waals surface area contributed by atoms with Crippen molar-refractivity contribution in [2.45, 2.75) is 4.90 Å². The van der Waals surface area contributed by atoms with E-state index in [2.05, 4.69) is 0 Å². The van der Waals surface area contributed by atoms with E-state index in [1.807, 2.05) is 23.6 Å². The molecule has 0 saturated heterocycles. The second kappa shape index (κ2) is 6.84. The molecule has 0 aliphatic rings. The third-order valence-corrected chi connectivity index (χ3v) is 4.55. The molecule has 0 saturated carbocycles. The molecule has 100 valence electrons. The minimum atomic E-state index is -0.885. The van der Waals surface area contributed by atoms with E-state index in [0.29, 0.717) is 22.3 Å². The van der Waals surface area contributed by atoms with Crippen LogP contribution < -0.4 is 4.74 Å². The highest BCUT2D eigenvalue weighted by atomic mass is 35.5. The van der Waals surface area contributed by atoms with Crippen LogP contribution in [0.2, 0.25) is 5.02 Å². The van der Waals surface area contributed by atoms with Gasteiger partial charge in [0.25, 0.3) is 0 Å². The van der Waals surface area contributed by atoms with Crippen LogP contribution in [0.25, 0.3) is 0 Å². The van der Waals surface area contributed by atoms with Crippen molar-refractivity contribution in [1.29, 1.82) is 0 Å². The molecule has 1 aromatic carbocycles. The number of hydrogen-bond donors (Lipinski definition) is 1. The number of benzene rings is 1. The maximum Gasteiger partial charge on any atom is 0.345 e. The highest BCUT2D eigenvalue weighted by Crippen LogP contribution is 2.26. The maximum absolute atomic E-state index is 10.7. The normalized spacial score (nSPS) is 10.4. The predicted octanol–water partition coefficient (Wildman–Crippen LogP) is 4.27. The van der Waals surface area contributed by atoms with E-state index in [4.69, 9.17) is 21.4 Å². The zero-order valence-corrected chi connectivity index (χ0v) is 12.2. The van der Waals surface area contributed by atoms with Crippen molar-refractivity contribution in [3.63, 3.8) is 0 Å². The fourth-order valence-corrected chi connectivity index (χ4v) is 3.27. The number of carboxylic acids is 1. The number of carbonyl (C=O) groups is 1. The van der Waals surface area contributed by atoms with Crippen molar-refractivity contribution in [2.75, 3.05) is 12.4 Å². The molecule has 0 spiro atoms. The topological polar surface area (TPSA) is 46.5 Å². The van der Waals surface area contributed by atoms with Crippen LogP contribution in [0.3, 0.4) is 0 Å². The highest BCUT2D eigenvalue weighted by Gasteiger charge is 2.07. The number of rotatable bonds is 6. The van der Waals surface area contributed by atoms with E-state index < -0.39 is 5.97 Å². The molecule has 1 N–H and O–H groups in total. The summed E-state index contributed by atoms with van der Waals surface area (Å²) in [6.07, 6.45) is 0. The molecule has 0 bridgehead atoms. The molecule has 0 aliphatic carbocycles. The number of ether oxygens (including phenoxy) is 1. The highest BCUT2D eigenvalue weighted by molar-refractivity contribution is 7.99. The molecular weight excluding hydrogens is 304 g/mol. The molecule has 2 rings (SSSR count). The van der Waals surface area contributed by atoms with Gasteiger partial charge in [-0.2, -0.15) is 0 Å². The Hall–Kier alpha value is -1.17. The van der Waals surface area contributed by atoms with E-state index in [1.165, 1.54) is 11.3 Å². The van der Waals surface area contributed by atoms with Crippen molar-refractivity contribution >= 4 is 40.7 Å². The summed E-state index contributed by atoms with van der Waals surface area (Å²) in [6.45, 7) is 0.520. The second-order valence-electron chi connectivity index (χ2n) is 3.58. The van der Waals surface area contributed by atoms with Gasteiger partial charge >= 0.3 is 5.97 Å².